The zero-order valence-corrected chi connectivity index (χ0v) is 9.18. The fraction of sp³-hybridized carbons (Fsp3) is 0.154. The lowest BCUT2D eigenvalue weighted by Crippen LogP contribution is -2.09. The molecule has 1 heterocycles. The zero-order valence-electron chi connectivity index (χ0n) is 9.18. The lowest BCUT2D eigenvalue weighted by molar-refractivity contribution is 0.0960. The molecule has 1 aromatic carbocycles. The molecule has 0 atom stereocenters. The van der Waals surface area contributed by atoms with Gasteiger partial charge in [-0.1, -0.05) is 17.7 Å². The highest BCUT2D eigenvalue weighted by Crippen LogP contribution is 2.08. The summed E-state index contributed by atoms with van der Waals surface area (Å²) in [6, 6.07) is 9.41. The smallest absolute Gasteiger partial charge is 0.261 e. The molecule has 16 heavy (non-hydrogen) atoms. The Morgan fingerprint density at radius 3 is 2.81 bits per heavy atom. The van der Waals surface area contributed by atoms with Crippen molar-refractivity contribution in [3.8, 4) is 0 Å². The number of carbonyl (C=O) groups excluding carboxylic acids is 1. The van der Waals surface area contributed by atoms with Crippen LogP contribution in [0.2, 0.25) is 0 Å². The molecule has 0 spiro atoms. The Balaban J connectivity index is 2.31. The molecule has 0 aliphatic rings. The molecule has 0 unspecified atom stereocenters. The summed E-state index contributed by atoms with van der Waals surface area (Å²) < 4.78 is 1.57. The van der Waals surface area contributed by atoms with Crippen LogP contribution in [0.25, 0.3) is 0 Å². The van der Waals surface area contributed by atoms with Crippen LogP contribution in [0.3, 0.4) is 0 Å². The molecule has 0 aliphatic carbocycles. The van der Waals surface area contributed by atoms with Gasteiger partial charge in [-0.15, -0.1) is 0 Å². The Labute approximate surface area is 94.5 Å². The molecule has 0 amide bonds. The summed E-state index contributed by atoms with van der Waals surface area (Å²) in [4.78, 5) is 12.0. The van der Waals surface area contributed by atoms with Crippen molar-refractivity contribution >= 4 is 5.91 Å². The summed E-state index contributed by atoms with van der Waals surface area (Å²) in [6.07, 6.45) is 3.51. The van der Waals surface area contributed by atoms with Gasteiger partial charge in [0.25, 0.3) is 5.91 Å². The first-order chi connectivity index (χ1) is 7.70. The van der Waals surface area contributed by atoms with Crippen molar-refractivity contribution in [3.63, 3.8) is 0 Å². The molecule has 2 rings (SSSR count). The van der Waals surface area contributed by atoms with E-state index in [-0.39, 0.29) is 5.91 Å². The van der Waals surface area contributed by atoms with E-state index in [0.717, 1.165) is 11.1 Å². The predicted molar refractivity (Wildman–Crippen MR) is 63.2 cm³/mol. The number of hydrogen-bond acceptors (Lipinski definition) is 2. The van der Waals surface area contributed by atoms with Crippen molar-refractivity contribution in [2.75, 3.05) is 0 Å². The average Bonchev–Trinajstić information content (AvgIpc) is 2.76. The number of carbonyl (C=O) groups is 1. The number of nitrogens with two attached hydrogens (primary N) is 1. The van der Waals surface area contributed by atoms with E-state index in [1.54, 1.807) is 17.0 Å². The van der Waals surface area contributed by atoms with Gasteiger partial charge >= 0.3 is 0 Å². The lowest BCUT2D eigenvalue weighted by Gasteiger charge is -2.02. The fourth-order valence-electron chi connectivity index (χ4n) is 1.61. The van der Waals surface area contributed by atoms with Gasteiger partial charge in [0, 0.05) is 24.5 Å². The second-order valence-corrected chi connectivity index (χ2v) is 3.81. The predicted octanol–water partition coefficient (Wildman–Crippen LogP) is 1.94. The van der Waals surface area contributed by atoms with E-state index in [1.165, 1.54) is 0 Å². The van der Waals surface area contributed by atoms with Crippen molar-refractivity contribution in [1.29, 1.82) is 0 Å². The summed E-state index contributed by atoms with van der Waals surface area (Å²) in [5.74, 6) is -0.0246. The van der Waals surface area contributed by atoms with Gasteiger partial charge in [0.1, 0.15) is 0 Å². The number of benzene rings is 1. The quantitative estimate of drug-likeness (QED) is 0.830. The van der Waals surface area contributed by atoms with Gasteiger partial charge in [-0.3, -0.25) is 9.36 Å². The third-order valence-electron chi connectivity index (χ3n) is 2.49. The molecule has 0 saturated carbocycles. The van der Waals surface area contributed by atoms with Gasteiger partial charge in [-0.05, 0) is 30.7 Å². The first kappa shape index (κ1) is 10.6. The molecule has 0 fully saturated rings. The third kappa shape index (κ3) is 2.04. The van der Waals surface area contributed by atoms with Crippen molar-refractivity contribution < 1.29 is 4.79 Å². The van der Waals surface area contributed by atoms with Crippen LogP contribution in [-0.4, -0.2) is 10.5 Å². The largest absolute Gasteiger partial charge is 0.326 e. The summed E-state index contributed by atoms with van der Waals surface area (Å²) in [6.45, 7) is 2.42. The van der Waals surface area contributed by atoms with Crippen LogP contribution >= 0.6 is 0 Å². The van der Waals surface area contributed by atoms with Crippen molar-refractivity contribution in [2.45, 2.75) is 13.5 Å². The summed E-state index contributed by atoms with van der Waals surface area (Å²) in [5, 5.41) is 0. The maximum Gasteiger partial charge on any atom is 0.261 e. The van der Waals surface area contributed by atoms with Crippen LogP contribution in [0, 0.1) is 6.92 Å². The van der Waals surface area contributed by atoms with Gasteiger partial charge in [0.2, 0.25) is 0 Å². The minimum atomic E-state index is -0.0246. The van der Waals surface area contributed by atoms with Crippen LogP contribution in [0.1, 0.15) is 21.5 Å². The normalized spacial score (nSPS) is 10.4. The topological polar surface area (TPSA) is 48.0 Å². The van der Waals surface area contributed by atoms with E-state index in [0.29, 0.717) is 12.1 Å². The molecule has 2 aromatic rings. The van der Waals surface area contributed by atoms with E-state index < -0.39 is 0 Å². The molecule has 3 heteroatoms. The SMILES string of the molecule is Cc1cccc(C(=O)n2ccc(CN)c2)c1. The van der Waals surface area contributed by atoms with Gasteiger partial charge < -0.3 is 5.73 Å². The number of aryl methyl sites for hydroxylation is 1. The molecular formula is C13H14N2O. The number of aromatic nitrogens is 1. The van der Waals surface area contributed by atoms with Crippen molar-refractivity contribution in [1.82, 2.24) is 4.57 Å². The van der Waals surface area contributed by atoms with E-state index in [2.05, 4.69) is 0 Å². The Bertz CT molecular complexity index is 514. The van der Waals surface area contributed by atoms with E-state index in [9.17, 15) is 4.79 Å². The highest BCUT2D eigenvalue weighted by atomic mass is 16.2. The summed E-state index contributed by atoms with van der Waals surface area (Å²) in [5.41, 5.74) is 8.24. The van der Waals surface area contributed by atoms with Crippen LogP contribution in [-0.2, 0) is 6.54 Å². The molecule has 1 aromatic heterocycles. The van der Waals surface area contributed by atoms with Gasteiger partial charge in [-0.25, -0.2) is 0 Å². The van der Waals surface area contributed by atoms with Crippen LogP contribution in [0.4, 0.5) is 0 Å². The van der Waals surface area contributed by atoms with Crippen molar-refractivity contribution in [3.05, 3.63) is 59.4 Å². The first-order valence-electron chi connectivity index (χ1n) is 5.19. The Morgan fingerprint density at radius 2 is 2.19 bits per heavy atom. The summed E-state index contributed by atoms with van der Waals surface area (Å²) in [7, 11) is 0. The molecular weight excluding hydrogens is 200 g/mol. The minimum Gasteiger partial charge on any atom is -0.326 e. The number of hydrogen-bond donors (Lipinski definition) is 1. The Kier molecular flexibility index (Phi) is 2.88. The highest BCUT2D eigenvalue weighted by Gasteiger charge is 2.07. The Hall–Kier alpha value is -1.87. The summed E-state index contributed by atoms with van der Waals surface area (Å²) >= 11 is 0. The molecule has 0 radical (unpaired) electrons. The molecule has 82 valence electrons. The van der Waals surface area contributed by atoms with Gasteiger partial charge in [-0.2, -0.15) is 0 Å². The molecule has 0 saturated heterocycles. The van der Waals surface area contributed by atoms with Crippen LogP contribution in [0.5, 0.6) is 0 Å². The molecule has 3 nitrogen and oxygen atoms in total. The second-order valence-electron chi connectivity index (χ2n) is 3.81. The first-order valence-corrected chi connectivity index (χ1v) is 5.19. The standard InChI is InChI=1S/C13H14N2O/c1-10-3-2-4-12(7-10)13(16)15-6-5-11(8-14)9-15/h2-7,9H,8,14H2,1H3. The molecule has 0 bridgehead atoms. The van der Waals surface area contributed by atoms with Gasteiger partial charge in [0.05, 0.1) is 0 Å². The second kappa shape index (κ2) is 4.33. The van der Waals surface area contributed by atoms with Crippen LogP contribution < -0.4 is 5.73 Å². The lowest BCUT2D eigenvalue weighted by atomic mass is 10.1. The Morgan fingerprint density at radius 1 is 1.38 bits per heavy atom. The van der Waals surface area contributed by atoms with E-state index in [1.807, 2.05) is 37.3 Å². The number of rotatable bonds is 2. The van der Waals surface area contributed by atoms with E-state index in [4.69, 9.17) is 5.73 Å². The third-order valence-corrected chi connectivity index (χ3v) is 2.49. The highest BCUT2D eigenvalue weighted by molar-refractivity contribution is 5.96. The van der Waals surface area contributed by atoms with Gasteiger partial charge in [0.15, 0.2) is 0 Å². The maximum atomic E-state index is 12.0. The zero-order chi connectivity index (χ0) is 11.5. The average molecular weight is 214 g/mol. The minimum absolute atomic E-state index is 0.0246. The monoisotopic (exact) mass is 214 g/mol. The maximum absolute atomic E-state index is 12.0. The number of nitrogens with zero attached hydrogens (tertiary/aromatic N) is 1. The van der Waals surface area contributed by atoms with Crippen molar-refractivity contribution in [2.24, 2.45) is 5.73 Å². The van der Waals surface area contributed by atoms with Crippen LogP contribution in [0.15, 0.2) is 42.7 Å². The van der Waals surface area contributed by atoms with E-state index >= 15 is 0 Å². The molecule has 0 aliphatic heterocycles. The fourth-order valence-corrected chi connectivity index (χ4v) is 1.61. The molecule has 2 N–H and O–H groups in total.